The number of fused-ring (bicyclic) bond motifs is 14. The van der Waals surface area contributed by atoms with E-state index in [-0.39, 0.29) is 6.92 Å². The first-order chi connectivity index (χ1) is 29.7. The molecule has 0 radical (unpaired) electrons. The minimum atomic E-state index is -0.332. The SMILES string of the molecule is c1cc(-c2cc3c4c(c2)-c2ccccc2OB4c2ccc(-c4cccc5oc6ccc7c8ccccc8oc7c6c45)cc2O3)cc(-n2c3ccccc3c3ccccc32)c1. The van der Waals surface area contributed by atoms with E-state index >= 15 is 0 Å². The van der Waals surface area contributed by atoms with Gasteiger partial charge in [0.05, 0.1) is 16.4 Å². The van der Waals surface area contributed by atoms with Gasteiger partial charge < -0.3 is 22.8 Å². The molecule has 0 fully saturated rings. The van der Waals surface area contributed by atoms with Crippen molar-refractivity contribution in [2.45, 2.75) is 0 Å². The van der Waals surface area contributed by atoms with Crippen LogP contribution in [0.15, 0.2) is 191 Å². The number of benzene rings is 9. The minimum Gasteiger partial charge on any atom is -0.551 e. The zero-order valence-electron chi connectivity index (χ0n) is 32.0. The second-order valence-corrected chi connectivity index (χ2v) is 15.9. The summed E-state index contributed by atoms with van der Waals surface area (Å²) in [4.78, 5) is 0. The third kappa shape index (κ3) is 4.37. The van der Waals surface area contributed by atoms with Crippen LogP contribution in [0.2, 0.25) is 0 Å². The van der Waals surface area contributed by atoms with Gasteiger partial charge in [-0.15, -0.1) is 0 Å². The fourth-order valence-corrected chi connectivity index (χ4v) is 10.0. The second-order valence-electron chi connectivity index (χ2n) is 15.9. The molecule has 5 nitrogen and oxygen atoms in total. The zero-order chi connectivity index (χ0) is 39.1. The molecule has 60 heavy (non-hydrogen) atoms. The van der Waals surface area contributed by atoms with Crippen molar-refractivity contribution >= 4 is 83.5 Å². The van der Waals surface area contributed by atoms with Crippen LogP contribution in [-0.2, 0) is 0 Å². The highest BCUT2D eigenvalue weighted by Gasteiger charge is 2.41. The van der Waals surface area contributed by atoms with E-state index in [1.54, 1.807) is 0 Å². The summed E-state index contributed by atoms with van der Waals surface area (Å²) in [6.45, 7) is -0.332. The Balaban J connectivity index is 0.939. The highest BCUT2D eigenvalue weighted by Crippen LogP contribution is 2.46. The molecule has 0 unspecified atom stereocenters. The first-order valence-corrected chi connectivity index (χ1v) is 20.3. The van der Waals surface area contributed by atoms with Gasteiger partial charge in [-0.05, 0) is 101 Å². The van der Waals surface area contributed by atoms with Crippen molar-refractivity contribution in [2.75, 3.05) is 0 Å². The van der Waals surface area contributed by atoms with Crippen molar-refractivity contribution in [3.05, 3.63) is 182 Å². The van der Waals surface area contributed by atoms with Crippen molar-refractivity contribution in [1.82, 2.24) is 4.57 Å². The number of ether oxygens (including phenoxy) is 1. The highest BCUT2D eigenvalue weighted by molar-refractivity contribution is 6.84. The number of hydrogen-bond donors (Lipinski definition) is 0. The van der Waals surface area contributed by atoms with Crippen LogP contribution in [0.25, 0.3) is 105 Å². The minimum absolute atomic E-state index is 0.332. The zero-order valence-corrected chi connectivity index (χ0v) is 32.0. The maximum Gasteiger partial charge on any atom is 0.434 e. The molecule has 6 heteroatoms. The van der Waals surface area contributed by atoms with E-state index in [0.29, 0.717) is 0 Å². The van der Waals surface area contributed by atoms with Crippen molar-refractivity contribution in [3.63, 3.8) is 0 Å². The largest absolute Gasteiger partial charge is 0.551 e. The summed E-state index contributed by atoms with van der Waals surface area (Å²) in [6.07, 6.45) is 0. The van der Waals surface area contributed by atoms with Gasteiger partial charge in [-0.2, -0.15) is 0 Å². The predicted molar refractivity (Wildman–Crippen MR) is 244 cm³/mol. The molecule has 2 aliphatic heterocycles. The summed E-state index contributed by atoms with van der Waals surface area (Å²) in [7, 11) is 0. The Kier molecular flexibility index (Phi) is 6.31. The maximum absolute atomic E-state index is 7.05. The normalized spacial score (nSPS) is 12.9. The molecule has 14 rings (SSSR count). The van der Waals surface area contributed by atoms with Crippen molar-refractivity contribution in [1.29, 1.82) is 0 Å². The van der Waals surface area contributed by atoms with E-state index in [4.69, 9.17) is 18.2 Å². The van der Waals surface area contributed by atoms with Gasteiger partial charge in [0.15, 0.2) is 0 Å². The molecular weight excluding hydrogens is 737 g/mol. The molecule has 0 amide bonds. The number of rotatable bonds is 3. The molecule has 0 saturated heterocycles. The summed E-state index contributed by atoms with van der Waals surface area (Å²) < 4.78 is 29.3. The average molecular weight is 768 g/mol. The predicted octanol–water partition coefficient (Wildman–Crippen LogP) is 13.2. The molecule has 0 bridgehead atoms. The standard InChI is InChI=1S/C54H30BNO4/c1-5-18-43-36(13-1)37-14-2-6-19-44(37)56(43)34-12-9-11-31(27-34)33-28-41-39-16-4-8-21-46(39)60-55-42-25-23-32(29-49(42)58-50(30-33)53(41)55)35-17-10-22-47-51(35)52-48(57-47)26-24-40-38-15-3-7-20-45(38)59-54(40)52/h1-30H. The monoisotopic (exact) mass is 767 g/mol. The molecule has 9 aromatic carbocycles. The lowest BCUT2D eigenvalue weighted by molar-refractivity contribution is 0.480. The van der Waals surface area contributed by atoms with Gasteiger partial charge in [0.1, 0.15) is 39.6 Å². The highest BCUT2D eigenvalue weighted by atomic mass is 16.5. The maximum atomic E-state index is 7.05. The lowest BCUT2D eigenvalue weighted by Gasteiger charge is -2.33. The molecular formula is C54H30BNO4. The molecule has 0 N–H and O–H groups in total. The summed E-state index contributed by atoms with van der Waals surface area (Å²) in [6, 6.07) is 64.0. The Morgan fingerprint density at radius 2 is 1.12 bits per heavy atom. The number of aromatic nitrogens is 1. The fourth-order valence-electron chi connectivity index (χ4n) is 10.0. The van der Waals surface area contributed by atoms with E-state index in [1.807, 2.05) is 24.3 Å². The molecule has 2 aliphatic rings. The summed E-state index contributed by atoms with van der Waals surface area (Å²) in [5, 5.41) is 6.64. The summed E-state index contributed by atoms with van der Waals surface area (Å²) >= 11 is 0. The lowest BCUT2D eigenvalue weighted by Crippen LogP contribution is -2.53. The van der Waals surface area contributed by atoms with Crippen LogP contribution in [0.3, 0.4) is 0 Å². The van der Waals surface area contributed by atoms with Crippen LogP contribution < -0.4 is 20.3 Å². The lowest BCUT2D eigenvalue weighted by atomic mass is 9.50. The summed E-state index contributed by atoms with van der Waals surface area (Å²) in [5.41, 5.74) is 15.2. The van der Waals surface area contributed by atoms with Crippen molar-refractivity contribution in [3.8, 4) is 56.3 Å². The van der Waals surface area contributed by atoms with Gasteiger partial charge in [0.25, 0.3) is 0 Å². The molecule has 278 valence electrons. The van der Waals surface area contributed by atoms with Gasteiger partial charge >= 0.3 is 6.92 Å². The summed E-state index contributed by atoms with van der Waals surface area (Å²) in [5.74, 6) is 2.42. The third-order valence-corrected chi connectivity index (χ3v) is 12.7. The Hall–Kier alpha value is -7.96. The Morgan fingerprint density at radius 3 is 2.00 bits per heavy atom. The number of nitrogens with zero attached hydrogens (tertiary/aromatic N) is 1. The third-order valence-electron chi connectivity index (χ3n) is 12.7. The molecule has 0 aliphatic carbocycles. The van der Waals surface area contributed by atoms with Crippen LogP contribution in [0.5, 0.6) is 17.2 Å². The number of hydrogen-bond acceptors (Lipinski definition) is 4. The molecule has 0 spiro atoms. The van der Waals surface area contributed by atoms with Gasteiger partial charge in [0.2, 0.25) is 0 Å². The van der Waals surface area contributed by atoms with Gasteiger partial charge in [-0.25, -0.2) is 0 Å². The Bertz CT molecular complexity index is 3760. The molecule has 0 atom stereocenters. The Morgan fingerprint density at radius 1 is 0.400 bits per heavy atom. The number of para-hydroxylation sites is 4. The van der Waals surface area contributed by atoms with Gasteiger partial charge in [-0.3, -0.25) is 0 Å². The molecule has 0 saturated carbocycles. The van der Waals surface area contributed by atoms with E-state index in [0.717, 1.165) is 111 Å². The molecule has 3 aromatic heterocycles. The van der Waals surface area contributed by atoms with Crippen LogP contribution in [0, 0.1) is 0 Å². The first-order valence-electron chi connectivity index (χ1n) is 20.3. The fraction of sp³-hybridized carbons (Fsp3) is 0. The van der Waals surface area contributed by atoms with E-state index in [2.05, 4.69) is 162 Å². The quantitative estimate of drug-likeness (QED) is 0.168. The van der Waals surface area contributed by atoms with Gasteiger partial charge in [-0.1, -0.05) is 109 Å². The van der Waals surface area contributed by atoms with Crippen LogP contribution in [-0.4, -0.2) is 11.5 Å². The van der Waals surface area contributed by atoms with Crippen LogP contribution in [0.1, 0.15) is 0 Å². The topological polar surface area (TPSA) is 49.7 Å². The number of furan rings is 2. The van der Waals surface area contributed by atoms with E-state index < -0.39 is 0 Å². The molecule has 5 heterocycles. The Labute approximate surface area is 343 Å². The van der Waals surface area contributed by atoms with E-state index in [1.165, 1.54) is 21.8 Å². The van der Waals surface area contributed by atoms with Gasteiger partial charge in [0, 0.05) is 49.1 Å². The van der Waals surface area contributed by atoms with Crippen LogP contribution in [0.4, 0.5) is 0 Å². The molecule has 12 aromatic rings. The van der Waals surface area contributed by atoms with Crippen molar-refractivity contribution in [2.24, 2.45) is 0 Å². The smallest absolute Gasteiger partial charge is 0.434 e. The van der Waals surface area contributed by atoms with Crippen LogP contribution >= 0.6 is 0 Å². The van der Waals surface area contributed by atoms with Crippen molar-refractivity contribution < 1.29 is 18.2 Å². The van der Waals surface area contributed by atoms with E-state index in [9.17, 15) is 0 Å². The second kappa shape index (κ2) is 11.8. The average Bonchev–Trinajstić information content (AvgIpc) is 3.98. The first kappa shape index (κ1) is 32.1.